The van der Waals surface area contributed by atoms with Gasteiger partial charge < -0.3 is 0 Å². The van der Waals surface area contributed by atoms with Gasteiger partial charge in [0.2, 0.25) is 0 Å². The molecule has 2 rings (SSSR count). The van der Waals surface area contributed by atoms with Crippen molar-refractivity contribution in [1.29, 1.82) is 0 Å². The largest absolute Gasteiger partial charge is 0.260 e. The molecule has 1 aromatic rings. The maximum Gasteiger partial charge on any atom is 0.116 e. The molecule has 0 saturated heterocycles. The first-order chi connectivity index (χ1) is 7.70. The molecule has 0 saturated carbocycles. The number of aromatic nitrogens is 2. The van der Waals surface area contributed by atoms with E-state index in [9.17, 15) is 0 Å². The average molecular weight is 212 g/mol. The van der Waals surface area contributed by atoms with Gasteiger partial charge in [-0.3, -0.25) is 9.98 Å². The molecule has 0 fully saturated rings. The third kappa shape index (κ3) is 1.31. The molecule has 0 spiro atoms. The number of fused-ring (bicyclic) bond motifs is 1. The number of hydrogen-bond donors (Lipinski definition) is 0. The van der Waals surface area contributed by atoms with E-state index in [-0.39, 0.29) is 0 Å². The molecule has 80 valence electrons. The number of nitrogens with zero attached hydrogens (tertiary/aromatic N) is 4. The highest BCUT2D eigenvalue weighted by Crippen LogP contribution is 2.27. The Balaban J connectivity index is 2.89. The Kier molecular flexibility index (Phi) is 2.48. The Hall–Kier alpha value is -2.10. The predicted molar refractivity (Wildman–Crippen MR) is 66.5 cm³/mol. The van der Waals surface area contributed by atoms with Gasteiger partial charge in [0.15, 0.2) is 0 Å². The number of rotatable bonds is 2. The van der Waals surface area contributed by atoms with E-state index in [4.69, 9.17) is 0 Å². The van der Waals surface area contributed by atoms with Gasteiger partial charge in [-0.2, -0.15) is 0 Å². The maximum absolute atomic E-state index is 4.30. The summed E-state index contributed by atoms with van der Waals surface area (Å²) < 4.78 is 0. The minimum Gasteiger partial charge on any atom is -0.260 e. The number of aliphatic imine (C=N–C) groups is 2. The standard InChI is InChI=1S/C12H12N4/c1-5-14-10-7(2)9-8(3)15-6-16-11(9)12(10)13-4/h5-6H,3-4H2,1-2H3. The molecule has 0 radical (unpaired) electrons. The zero-order chi connectivity index (χ0) is 11.7. The lowest BCUT2D eigenvalue weighted by Gasteiger charge is -1.97. The van der Waals surface area contributed by atoms with E-state index in [1.54, 1.807) is 6.21 Å². The van der Waals surface area contributed by atoms with Crippen molar-refractivity contribution in [2.24, 2.45) is 9.98 Å². The second-order valence-corrected chi connectivity index (χ2v) is 3.41. The molecule has 0 N–H and O–H groups in total. The quantitative estimate of drug-likeness (QED) is 0.671. The summed E-state index contributed by atoms with van der Waals surface area (Å²) in [5.41, 5.74) is 3.28. The molecule has 1 aliphatic carbocycles. The normalized spacial score (nSPS) is 14.8. The van der Waals surface area contributed by atoms with Crippen LogP contribution in [0.25, 0.3) is 17.8 Å². The molecular formula is C12H12N4. The summed E-state index contributed by atoms with van der Waals surface area (Å²) in [6.45, 7) is 11.3. The van der Waals surface area contributed by atoms with E-state index < -0.39 is 0 Å². The Bertz CT molecular complexity index is 623. The molecule has 1 heterocycles. The van der Waals surface area contributed by atoms with Gasteiger partial charge in [0, 0.05) is 11.4 Å². The van der Waals surface area contributed by atoms with Crippen LogP contribution in [0.2, 0.25) is 0 Å². The van der Waals surface area contributed by atoms with E-state index >= 15 is 0 Å². The summed E-state index contributed by atoms with van der Waals surface area (Å²) in [7, 11) is 0. The zero-order valence-electron chi connectivity index (χ0n) is 9.36. The van der Waals surface area contributed by atoms with Crippen molar-refractivity contribution in [3.63, 3.8) is 0 Å². The maximum atomic E-state index is 4.30. The number of allylic oxidation sites excluding steroid dienone is 1. The monoisotopic (exact) mass is 212 g/mol. The lowest BCUT2D eigenvalue weighted by Crippen LogP contribution is -2.30. The van der Waals surface area contributed by atoms with Crippen molar-refractivity contribution in [1.82, 2.24) is 9.97 Å². The van der Waals surface area contributed by atoms with Crippen LogP contribution in [0.3, 0.4) is 0 Å². The molecule has 1 aliphatic rings. The third-order valence-electron chi connectivity index (χ3n) is 2.52. The fourth-order valence-electron chi connectivity index (χ4n) is 1.84. The molecule has 4 heteroatoms. The van der Waals surface area contributed by atoms with Crippen LogP contribution in [-0.2, 0) is 0 Å². The van der Waals surface area contributed by atoms with Crippen molar-refractivity contribution in [2.45, 2.75) is 13.8 Å². The molecule has 0 unspecified atom stereocenters. The molecule has 0 aromatic carbocycles. The Morgan fingerprint density at radius 1 is 1.31 bits per heavy atom. The van der Waals surface area contributed by atoms with Gasteiger partial charge in [0.05, 0.1) is 11.0 Å². The first kappa shape index (κ1) is 10.4. The summed E-state index contributed by atoms with van der Waals surface area (Å²) in [5.74, 6) is 0. The van der Waals surface area contributed by atoms with Crippen molar-refractivity contribution in [3.8, 4) is 0 Å². The lowest BCUT2D eigenvalue weighted by molar-refractivity contribution is 1.08. The topological polar surface area (TPSA) is 50.5 Å². The molecule has 0 amide bonds. The van der Waals surface area contributed by atoms with Gasteiger partial charge in [-0.05, 0) is 26.1 Å². The van der Waals surface area contributed by atoms with Crippen LogP contribution < -0.4 is 10.6 Å². The zero-order valence-corrected chi connectivity index (χ0v) is 9.36. The van der Waals surface area contributed by atoms with Crippen molar-refractivity contribution in [3.05, 3.63) is 28.3 Å². The van der Waals surface area contributed by atoms with E-state index in [0.717, 1.165) is 22.2 Å². The molecular weight excluding hydrogens is 200 g/mol. The second-order valence-electron chi connectivity index (χ2n) is 3.41. The Morgan fingerprint density at radius 2 is 2.06 bits per heavy atom. The van der Waals surface area contributed by atoms with Crippen LogP contribution in [-0.4, -0.2) is 22.9 Å². The minimum atomic E-state index is 0.699. The van der Waals surface area contributed by atoms with Crippen molar-refractivity contribution < 1.29 is 0 Å². The van der Waals surface area contributed by atoms with Crippen LogP contribution in [0, 0.1) is 0 Å². The van der Waals surface area contributed by atoms with Crippen molar-refractivity contribution in [2.75, 3.05) is 0 Å². The van der Waals surface area contributed by atoms with E-state index in [1.807, 2.05) is 13.8 Å². The summed E-state index contributed by atoms with van der Waals surface area (Å²) >= 11 is 0. The molecule has 0 aliphatic heterocycles. The van der Waals surface area contributed by atoms with E-state index in [0.29, 0.717) is 11.0 Å². The highest BCUT2D eigenvalue weighted by molar-refractivity contribution is 5.88. The summed E-state index contributed by atoms with van der Waals surface area (Å²) in [6.07, 6.45) is 3.21. The highest BCUT2D eigenvalue weighted by atomic mass is 14.9. The van der Waals surface area contributed by atoms with Gasteiger partial charge in [-0.25, -0.2) is 9.97 Å². The van der Waals surface area contributed by atoms with E-state index in [2.05, 4.69) is 33.2 Å². The molecule has 1 aromatic heterocycles. The predicted octanol–water partition coefficient (Wildman–Crippen LogP) is 0.531. The van der Waals surface area contributed by atoms with Crippen LogP contribution in [0.15, 0.2) is 22.0 Å². The highest BCUT2D eigenvalue weighted by Gasteiger charge is 2.20. The minimum absolute atomic E-state index is 0.699. The fraction of sp³-hybridized carbons (Fsp3) is 0.167. The second kappa shape index (κ2) is 3.81. The smallest absolute Gasteiger partial charge is 0.116 e. The first-order valence-corrected chi connectivity index (χ1v) is 4.92. The molecule has 0 atom stereocenters. The van der Waals surface area contributed by atoms with Crippen LogP contribution >= 0.6 is 0 Å². The van der Waals surface area contributed by atoms with Gasteiger partial charge in [-0.15, -0.1) is 0 Å². The Morgan fingerprint density at radius 3 is 2.69 bits per heavy atom. The summed E-state index contributed by atoms with van der Waals surface area (Å²) in [4.78, 5) is 16.6. The van der Waals surface area contributed by atoms with E-state index in [1.165, 1.54) is 6.33 Å². The Labute approximate surface area is 93.5 Å². The average Bonchev–Trinajstić information content (AvgIpc) is 2.54. The van der Waals surface area contributed by atoms with Gasteiger partial charge in [0.1, 0.15) is 17.7 Å². The van der Waals surface area contributed by atoms with Crippen LogP contribution in [0.1, 0.15) is 19.5 Å². The van der Waals surface area contributed by atoms with Crippen LogP contribution in [0.5, 0.6) is 0 Å². The summed E-state index contributed by atoms with van der Waals surface area (Å²) in [5, 5.41) is 1.62. The first-order valence-electron chi connectivity index (χ1n) is 4.92. The number of hydrogen-bond acceptors (Lipinski definition) is 4. The molecule has 16 heavy (non-hydrogen) atoms. The molecule has 0 bridgehead atoms. The van der Waals surface area contributed by atoms with Gasteiger partial charge >= 0.3 is 0 Å². The third-order valence-corrected chi connectivity index (χ3v) is 2.52. The molecule has 4 nitrogen and oxygen atoms in total. The van der Waals surface area contributed by atoms with Crippen molar-refractivity contribution >= 4 is 30.8 Å². The lowest BCUT2D eigenvalue weighted by atomic mass is 10.2. The van der Waals surface area contributed by atoms with Gasteiger partial charge in [-0.1, -0.05) is 6.58 Å². The summed E-state index contributed by atoms with van der Waals surface area (Å²) in [6, 6.07) is 0. The van der Waals surface area contributed by atoms with Crippen LogP contribution in [0.4, 0.5) is 0 Å². The fourth-order valence-corrected chi connectivity index (χ4v) is 1.84. The SMILES string of the molecule is C=NC1=C(N=CC)C(C)=c2c1ncnc2=C. The van der Waals surface area contributed by atoms with Gasteiger partial charge in [0.25, 0.3) is 0 Å².